The van der Waals surface area contributed by atoms with E-state index in [2.05, 4.69) is 99.6 Å². The smallest absolute Gasteiger partial charge is 0.297 e. The highest BCUT2D eigenvalue weighted by atomic mass is 16.3. The minimum absolute atomic E-state index is 0.105. The summed E-state index contributed by atoms with van der Waals surface area (Å²) in [6.07, 6.45) is 0. The highest BCUT2D eigenvalue weighted by molar-refractivity contribution is 5.82. The Kier molecular flexibility index (Phi) is 5.45. The first kappa shape index (κ1) is 21.9. The lowest BCUT2D eigenvalue weighted by molar-refractivity contribution is -0.327. The van der Waals surface area contributed by atoms with Crippen LogP contribution >= 0.6 is 0 Å². The SMILES string of the molecule is Cc1cc(C)c2oc(-c3ccc(C(C)(C)C)cc3)cc(=NNc3ccc4ccccc4[nH+]3)c2c1. The lowest BCUT2D eigenvalue weighted by Gasteiger charge is -2.19. The molecule has 34 heavy (non-hydrogen) atoms. The van der Waals surface area contributed by atoms with Gasteiger partial charge in [-0.3, -0.25) is 0 Å². The normalized spacial score (nSPS) is 12.4. The van der Waals surface area contributed by atoms with Gasteiger partial charge < -0.3 is 4.42 Å². The Hall–Kier alpha value is -3.92. The number of pyridine rings is 1. The standard InChI is InChI=1S/C30H29N3O/c1-19-16-20(2)29-24(17-19)26(32-33-28-15-12-21-8-6-7-9-25(21)31-28)18-27(34-29)22-10-13-23(14-11-22)30(3,4)5/h6-18H,1-5H3,(H,31,33)/p+1. The maximum atomic E-state index is 6.41. The molecule has 170 valence electrons. The molecular weight excluding hydrogens is 418 g/mol. The van der Waals surface area contributed by atoms with Gasteiger partial charge in [0.15, 0.2) is 0 Å². The molecule has 0 unspecified atom stereocenters. The van der Waals surface area contributed by atoms with Crippen LogP contribution in [-0.4, -0.2) is 0 Å². The second-order valence-corrected chi connectivity index (χ2v) is 9.96. The quantitative estimate of drug-likeness (QED) is 0.305. The van der Waals surface area contributed by atoms with Crippen molar-refractivity contribution in [3.63, 3.8) is 0 Å². The van der Waals surface area contributed by atoms with Gasteiger partial charge in [-0.05, 0) is 54.2 Å². The predicted molar refractivity (Wildman–Crippen MR) is 140 cm³/mol. The Balaban J connectivity index is 1.63. The summed E-state index contributed by atoms with van der Waals surface area (Å²) in [4.78, 5) is 3.41. The van der Waals surface area contributed by atoms with E-state index in [1.807, 2.05) is 24.3 Å². The number of rotatable bonds is 3. The zero-order chi connectivity index (χ0) is 23.9. The van der Waals surface area contributed by atoms with Crippen LogP contribution in [0.1, 0.15) is 37.5 Å². The Morgan fingerprint density at radius 3 is 2.38 bits per heavy atom. The van der Waals surface area contributed by atoms with Crippen LogP contribution in [0.25, 0.3) is 33.2 Å². The van der Waals surface area contributed by atoms with Gasteiger partial charge in [0.1, 0.15) is 22.2 Å². The van der Waals surface area contributed by atoms with E-state index in [9.17, 15) is 0 Å². The van der Waals surface area contributed by atoms with Crippen LogP contribution in [0.4, 0.5) is 5.82 Å². The van der Waals surface area contributed by atoms with Crippen molar-refractivity contribution in [2.75, 3.05) is 5.43 Å². The molecule has 0 saturated heterocycles. The second-order valence-electron chi connectivity index (χ2n) is 9.96. The summed E-state index contributed by atoms with van der Waals surface area (Å²) in [6, 6.07) is 27.2. The van der Waals surface area contributed by atoms with Crippen LogP contribution < -0.4 is 15.8 Å². The molecule has 0 atom stereocenters. The fourth-order valence-electron chi connectivity index (χ4n) is 4.29. The average Bonchev–Trinajstić information content (AvgIpc) is 2.82. The fraction of sp³-hybridized carbons (Fsp3) is 0.200. The largest absolute Gasteiger partial charge is 0.456 e. The number of aromatic amines is 1. The van der Waals surface area contributed by atoms with E-state index in [0.717, 1.165) is 49.9 Å². The number of hydrogen-bond acceptors (Lipinski definition) is 3. The molecule has 0 bridgehead atoms. The molecule has 0 aliphatic rings. The summed E-state index contributed by atoms with van der Waals surface area (Å²) in [7, 11) is 0. The van der Waals surface area contributed by atoms with Crippen LogP contribution in [-0.2, 0) is 5.41 Å². The molecular formula is C30H30N3O+. The molecule has 0 spiro atoms. The van der Waals surface area contributed by atoms with Crippen molar-refractivity contribution in [2.45, 2.75) is 40.0 Å². The van der Waals surface area contributed by atoms with E-state index in [1.54, 1.807) is 0 Å². The van der Waals surface area contributed by atoms with Gasteiger partial charge in [-0.15, -0.1) is 5.43 Å². The predicted octanol–water partition coefficient (Wildman–Crippen LogP) is 6.91. The summed E-state index contributed by atoms with van der Waals surface area (Å²) >= 11 is 0. The average molecular weight is 449 g/mol. The molecule has 3 aromatic carbocycles. The number of nitrogens with zero attached hydrogens (tertiary/aromatic N) is 1. The molecule has 4 heteroatoms. The molecule has 4 nitrogen and oxygen atoms in total. The molecule has 5 aromatic rings. The van der Waals surface area contributed by atoms with Crippen molar-refractivity contribution in [1.29, 1.82) is 0 Å². The molecule has 2 N–H and O–H groups in total. The molecule has 0 aliphatic heterocycles. The minimum atomic E-state index is 0.105. The first-order valence-corrected chi connectivity index (χ1v) is 11.6. The van der Waals surface area contributed by atoms with E-state index in [1.165, 1.54) is 11.1 Å². The van der Waals surface area contributed by atoms with Crippen LogP contribution in [0.3, 0.4) is 0 Å². The molecule has 2 heterocycles. The van der Waals surface area contributed by atoms with Gasteiger partial charge in [-0.25, -0.2) is 4.98 Å². The summed E-state index contributed by atoms with van der Waals surface area (Å²) in [5.41, 5.74) is 9.83. The number of para-hydroxylation sites is 1. The third-order valence-electron chi connectivity index (χ3n) is 6.17. The summed E-state index contributed by atoms with van der Waals surface area (Å²) in [6.45, 7) is 10.8. The number of hydrogen-bond donors (Lipinski definition) is 1. The second kappa shape index (κ2) is 8.45. The van der Waals surface area contributed by atoms with E-state index in [-0.39, 0.29) is 5.41 Å². The van der Waals surface area contributed by atoms with Crippen molar-refractivity contribution in [2.24, 2.45) is 5.10 Å². The third kappa shape index (κ3) is 4.32. The van der Waals surface area contributed by atoms with E-state index < -0.39 is 0 Å². The maximum Gasteiger partial charge on any atom is 0.297 e. The lowest BCUT2D eigenvalue weighted by atomic mass is 9.86. The summed E-state index contributed by atoms with van der Waals surface area (Å²) < 4.78 is 6.41. The van der Waals surface area contributed by atoms with Crippen molar-refractivity contribution < 1.29 is 9.40 Å². The maximum absolute atomic E-state index is 6.41. The Bertz CT molecular complexity index is 1570. The number of benzene rings is 3. The van der Waals surface area contributed by atoms with Crippen molar-refractivity contribution in [3.05, 3.63) is 101 Å². The molecule has 0 saturated carbocycles. The van der Waals surface area contributed by atoms with Gasteiger partial charge in [0, 0.05) is 28.5 Å². The number of anilines is 1. The number of nitrogens with one attached hydrogen (secondary N) is 2. The van der Waals surface area contributed by atoms with Gasteiger partial charge in [0.25, 0.3) is 5.82 Å². The van der Waals surface area contributed by atoms with Crippen LogP contribution in [0, 0.1) is 13.8 Å². The lowest BCUT2D eigenvalue weighted by Crippen LogP contribution is -2.14. The highest BCUT2D eigenvalue weighted by Gasteiger charge is 2.15. The number of H-pyrrole nitrogens is 1. The minimum Gasteiger partial charge on any atom is -0.456 e. The monoisotopic (exact) mass is 448 g/mol. The van der Waals surface area contributed by atoms with Crippen molar-refractivity contribution in [3.8, 4) is 11.3 Å². The molecule has 2 aromatic heterocycles. The van der Waals surface area contributed by atoms with Crippen molar-refractivity contribution in [1.82, 2.24) is 0 Å². The third-order valence-corrected chi connectivity index (χ3v) is 6.17. The molecule has 5 rings (SSSR count). The highest BCUT2D eigenvalue weighted by Crippen LogP contribution is 2.28. The number of aryl methyl sites for hydroxylation is 2. The van der Waals surface area contributed by atoms with Crippen LogP contribution in [0.15, 0.2) is 88.4 Å². The van der Waals surface area contributed by atoms with Crippen LogP contribution in [0.5, 0.6) is 0 Å². The van der Waals surface area contributed by atoms with Crippen molar-refractivity contribution >= 4 is 27.7 Å². The van der Waals surface area contributed by atoms with E-state index in [4.69, 9.17) is 9.52 Å². The topological polar surface area (TPSA) is 51.7 Å². The molecule has 0 aliphatic carbocycles. The molecule has 0 amide bonds. The van der Waals surface area contributed by atoms with E-state index in [0.29, 0.717) is 0 Å². The zero-order valence-electron chi connectivity index (χ0n) is 20.4. The Morgan fingerprint density at radius 2 is 1.62 bits per heavy atom. The fourth-order valence-corrected chi connectivity index (χ4v) is 4.29. The molecule has 0 fully saturated rings. The van der Waals surface area contributed by atoms with Gasteiger partial charge in [0.05, 0.1) is 0 Å². The first-order valence-electron chi connectivity index (χ1n) is 11.6. The van der Waals surface area contributed by atoms with Gasteiger partial charge in [-0.2, -0.15) is 0 Å². The number of aromatic nitrogens is 1. The summed E-state index contributed by atoms with van der Waals surface area (Å²) in [5, 5.41) is 7.78. The number of fused-ring (bicyclic) bond motifs is 2. The van der Waals surface area contributed by atoms with Gasteiger partial charge >= 0.3 is 0 Å². The summed E-state index contributed by atoms with van der Waals surface area (Å²) in [5.74, 6) is 1.62. The van der Waals surface area contributed by atoms with Gasteiger partial charge in [0.2, 0.25) is 0 Å². The van der Waals surface area contributed by atoms with E-state index >= 15 is 0 Å². The van der Waals surface area contributed by atoms with Gasteiger partial charge in [-0.1, -0.05) is 74.4 Å². The Labute approximate surface area is 200 Å². The first-order chi connectivity index (χ1) is 16.3. The molecule has 0 radical (unpaired) electrons. The van der Waals surface area contributed by atoms with Crippen LogP contribution in [0.2, 0.25) is 0 Å². The zero-order valence-corrected chi connectivity index (χ0v) is 20.4. The Morgan fingerprint density at radius 1 is 0.853 bits per heavy atom.